The first kappa shape index (κ1) is 15.9. The van der Waals surface area contributed by atoms with E-state index in [0.29, 0.717) is 12.5 Å². The molecule has 0 aliphatic carbocycles. The van der Waals surface area contributed by atoms with Crippen LogP contribution < -0.4 is 10.6 Å². The number of amides is 1. The summed E-state index contributed by atoms with van der Waals surface area (Å²) < 4.78 is 25.7. The molecule has 0 radical (unpaired) electrons. The molecule has 0 spiro atoms. The Morgan fingerprint density at radius 2 is 2.16 bits per heavy atom. The van der Waals surface area contributed by atoms with E-state index in [2.05, 4.69) is 10.6 Å². The van der Waals surface area contributed by atoms with Gasteiger partial charge in [0.1, 0.15) is 0 Å². The molecule has 1 aliphatic rings. The molecule has 1 amide bonds. The first-order chi connectivity index (χ1) is 8.66. The highest BCUT2D eigenvalue weighted by atomic mass is 35.5. The van der Waals surface area contributed by atoms with Crippen molar-refractivity contribution in [3.63, 3.8) is 0 Å². The van der Waals surface area contributed by atoms with Crippen molar-refractivity contribution in [1.82, 2.24) is 10.6 Å². The van der Waals surface area contributed by atoms with Crippen molar-refractivity contribution < 1.29 is 13.6 Å². The fourth-order valence-electron chi connectivity index (χ4n) is 2.07. The van der Waals surface area contributed by atoms with Crippen molar-refractivity contribution in [3.8, 4) is 0 Å². The van der Waals surface area contributed by atoms with Crippen LogP contribution in [0, 0.1) is 17.6 Å². The molecule has 0 aromatic heterocycles. The summed E-state index contributed by atoms with van der Waals surface area (Å²) in [5.41, 5.74) is 0.151. The Morgan fingerprint density at radius 3 is 2.79 bits per heavy atom. The van der Waals surface area contributed by atoms with Gasteiger partial charge in [-0.25, -0.2) is 8.78 Å². The number of rotatable bonds is 3. The Hall–Kier alpha value is -1.20. The number of hydrogen-bond donors (Lipinski definition) is 2. The number of piperidine rings is 1. The van der Waals surface area contributed by atoms with Gasteiger partial charge in [0.25, 0.3) is 5.91 Å². The highest BCUT2D eigenvalue weighted by Gasteiger charge is 2.15. The van der Waals surface area contributed by atoms with E-state index in [4.69, 9.17) is 0 Å². The molecule has 1 aromatic carbocycles. The molecule has 1 fully saturated rings. The highest BCUT2D eigenvalue weighted by Crippen LogP contribution is 2.10. The molecule has 1 atom stereocenters. The number of carbonyl (C=O) groups excluding carboxylic acids is 1. The molecule has 3 nitrogen and oxygen atoms in total. The van der Waals surface area contributed by atoms with Crippen molar-refractivity contribution >= 4 is 18.3 Å². The van der Waals surface area contributed by atoms with E-state index in [1.807, 2.05) is 0 Å². The van der Waals surface area contributed by atoms with Gasteiger partial charge in [-0.3, -0.25) is 4.79 Å². The van der Waals surface area contributed by atoms with Gasteiger partial charge in [-0.05, 0) is 50.0 Å². The van der Waals surface area contributed by atoms with Crippen LogP contribution >= 0.6 is 12.4 Å². The SMILES string of the molecule is Cl.O=C(NCC1CCCNC1)c1ccc(F)c(F)c1. The maximum Gasteiger partial charge on any atom is 0.251 e. The third-order valence-electron chi connectivity index (χ3n) is 3.13. The molecular formula is C13H17ClF2N2O. The fraction of sp³-hybridized carbons (Fsp3) is 0.462. The van der Waals surface area contributed by atoms with E-state index in [-0.39, 0.29) is 23.9 Å². The van der Waals surface area contributed by atoms with Crippen LogP contribution in [0.15, 0.2) is 18.2 Å². The molecule has 1 unspecified atom stereocenters. The van der Waals surface area contributed by atoms with Crippen molar-refractivity contribution in [1.29, 1.82) is 0 Å². The average molecular weight is 291 g/mol. The minimum atomic E-state index is -0.998. The predicted molar refractivity (Wildman–Crippen MR) is 71.5 cm³/mol. The van der Waals surface area contributed by atoms with E-state index < -0.39 is 11.6 Å². The first-order valence-electron chi connectivity index (χ1n) is 6.11. The second-order valence-electron chi connectivity index (χ2n) is 4.55. The van der Waals surface area contributed by atoms with E-state index in [1.54, 1.807) is 0 Å². The molecule has 2 rings (SSSR count). The Balaban J connectivity index is 0.00000180. The van der Waals surface area contributed by atoms with Gasteiger partial charge in [0.2, 0.25) is 0 Å². The second kappa shape index (κ2) is 7.40. The summed E-state index contributed by atoms with van der Waals surface area (Å²) in [6.07, 6.45) is 2.18. The van der Waals surface area contributed by atoms with Crippen LogP contribution in [0.1, 0.15) is 23.2 Å². The van der Waals surface area contributed by atoms with E-state index >= 15 is 0 Å². The Bertz CT molecular complexity index is 437. The van der Waals surface area contributed by atoms with Gasteiger partial charge in [-0.15, -0.1) is 12.4 Å². The van der Waals surface area contributed by atoms with Crippen LogP contribution in [0.2, 0.25) is 0 Å². The van der Waals surface area contributed by atoms with E-state index in [9.17, 15) is 13.6 Å². The first-order valence-corrected chi connectivity index (χ1v) is 6.11. The number of hydrogen-bond acceptors (Lipinski definition) is 2. The van der Waals surface area contributed by atoms with E-state index in [0.717, 1.165) is 38.1 Å². The van der Waals surface area contributed by atoms with Crippen LogP contribution in [0.25, 0.3) is 0 Å². The summed E-state index contributed by atoms with van der Waals surface area (Å²) in [5.74, 6) is -1.89. The van der Waals surface area contributed by atoms with Gasteiger partial charge in [0, 0.05) is 12.1 Å². The minimum absolute atomic E-state index is 0. The number of halogens is 3. The number of benzene rings is 1. The Labute approximate surface area is 117 Å². The lowest BCUT2D eigenvalue weighted by Gasteiger charge is -2.22. The monoisotopic (exact) mass is 290 g/mol. The van der Waals surface area contributed by atoms with Crippen LogP contribution in [0.5, 0.6) is 0 Å². The molecular weight excluding hydrogens is 274 g/mol. The molecule has 1 aromatic rings. The van der Waals surface area contributed by atoms with Gasteiger partial charge in [0.05, 0.1) is 0 Å². The average Bonchev–Trinajstić information content (AvgIpc) is 2.40. The second-order valence-corrected chi connectivity index (χ2v) is 4.55. The molecule has 106 valence electrons. The molecule has 1 saturated heterocycles. The lowest BCUT2D eigenvalue weighted by atomic mass is 9.99. The predicted octanol–water partition coefficient (Wildman–Crippen LogP) is 2.12. The molecule has 1 aliphatic heterocycles. The summed E-state index contributed by atoms with van der Waals surface area (Å²) in [5, 5.41) is 6.00. The van der Waals surface area contributed by atoms with Crippen molar-refractivity contribution in [2.45, 2.75) is 12.8 Å². The van der Waals surface area contributed by atoms with Crippen molar-refractivity contribution in [2.24, 2.45) is 5.92 Å². The number of nitrogens with one attached hydrogen (secondary N) is 2. The summed E-state index contributed by atoms with van der Waals surface area (Å²) in [6.45, 7) is 2.47. The normalized spacial score (nSPS) is 18.5. The van der Waals surface area contributed by atoms with Crippen molar-refractivity contribution in [3.05, 3.63) is 35.4 Å². The highest BCUT2D eigenvalue weighted by molar-refractivity contribution is 5.94. The lowest BCUT2D eigenvalue weighted by molar-refractivity contribution is 0.0944. The molecule has 0 bridgehead atoms. The van der Waals surface area contributed by atoms with Gasteiger partial charge >= 0.3 is 0 Å². The van der Waals surface area contributed by atoms with Crippen LogP contribution in [-0.4, -0.2) is 25.5 Å². The third kappa shape index (κ3) is 4.44. The van der Waals surface area contributed by atoms with E-state index in [1.165, 1.54) is 6.07 Å². The molecule has 0 saturated carbocycles. The zero-order chi connectivity index (χ0) is 13.0. The molecule has 6 heteroatoms. The van der Waals surface area contributed by atoms with Gasteiger partial charge in [0.15, 0.2) is 11.6 Å². The fourth-order valence-corrected chi connectivity index (χ4v) is 2.07. The third-order valence-corrected chi connectivity index (χ3v) is 3.13. The molecule has 2 N–H and O–H groups in total. The zero-order valence-corrected chi connectivity index (χ0v) is 11.2. The van der Waals surface area contributed by atoms with Gasteiger partial charge < -0.3 is 10.6 Å². The Morgan fingerprint density at radius 1 is 1.37 bits per heavy atom. The summed E-state index contributed by atoms with van der Waals surface area (Å²) in [6, 6.07) is 3.17. The Kier molecular flexibility index (Phi) is 6.18. The van der Waals surface area contributed by atoms with Crippen molar-refractivity contribution in [2.75, 3.05) is 19.6 Å². The molecule has 19 heavy (non-hydrogen) atoms. The summed E-state index contributed by atoms with van der Waals surface area (Å²) in [7, 11) is 0. The minimum Gasteiger partial charge on any atom is -0.352 e. The number of carbonyl (C=O) groups is 1. The standard InChI is InChI=1S/C13H16F2N2O.ClH/c14-11-4-3-10(6-12(11)15)13(18)17-8-9-2-1-5-16-7-9;/h3-4,6,9,16H,1-2,5,7-8H2,(H,17,18);1H. The maximum atomic E-state index is 13.0. The topological polar surface area (TPSA) is 41.1 Å². The quantitative estimate of drug-likeness (QED) is 0.895. The van der Waals surface area contributed by atoms with Crippen LogP contribution in [0.3, 0.4) is 0 Å². The summed E-state index contributed by atoms with van der Waals surface area (Å²) in [4.78, 5) is 11.7. The lowest BCUT2D eigenvalue weighted by Crippen LogP contribution is -2.38. The van der Waals surface area contributed by atoms with Gasteiger partial charge in [-0.2, -0.15) is 0 Å². The molecule has 1 heterocycles. The summed E-state index contributed by atoms with van der Waals surface area (Å²) >= 11 is 0. The van der Waals surface area contributed by atoms with Crippen LogP contribution in [-0.2, 0) is 0 Å². The largest absolute Gasteiger partial charge is 0.352 e. The zero-order valence-electron chi connectivity index (χ0n) is 10.4. The smallest absolute Gasteiger partial charge is 0.251 e. The van der Waals surface area contributed by atoms with Gasteiger partial charge in [-0.1, -0.05) is 0 Å². The maximum absolute atomic E-state index is 13.0. The van der Waals surface area contributed by atoms with Crippen LogP contribution in [0.4, 0.5) is 8.78 Å².